The molecule has 0 spiro atoms. The molecular weight excluding hydrogens is 226 g/mol. The van der Waals surface area contributed by atoms with Gasteiger partial charge < -0.3 is 9.69 Å². The topological polar surface area (TPSA) is 57.0 Å². The zero-order valence-electron chi connectivity index (χ0n) is 10.6. The Morgan fingerprint density at radius 3 is 3.06 bits per heavy atom. The molecule has 0 amide bonds. The van der Waals surface area contributed by atoms with Crippen molar-refractivity contribution in [2.24, 2.45) is 5.92 Å². The van der Waals surface area contributed by atoms with Crippen LogP contribution in [0.15, 0.2) is 18.3 Å². The lowest BCUT2D eigenvalue weighted by atomic mass is 9.93. The molecule has 1 fully saturated rings. The molecule has 1 aromatic heterocycles. The molecule has 18 heavy (non-hydrogen) atoms. The van der Waals surface area contributed by atoms with E-state index < -0.39 is 0 Å². The van der Waals surface area contributed by atoms with Gasteiger partial charge in [-0.3, -0.25) is 0 Å². The summed E-state index contributed by atoms with van der Waals surface area (Å²) in [6, 6.07) is 5.74. The molecule has 1 aliphatic heterocycles. The number of nitriles is 1. The highest BCUT2D eigenvalue weighted by Crippen LogP contribution is 2.23. The summed E-state index contributed by atoms with van der Waals surface area (Å²) in [5, 5.41) is 8.74. The number of hydrogen-bond donors (Lipinski definition) is 0. The Kier molecular flexibility index (Phi) is 3.93. The Morgan fingerprint density at radius 2 is 2.44 bits per heavy atom. The molecule has 2 heterocycles. The maximum atomic E-state index is 11.2. The molecule has 2 rings (SSSR count). The second-order valence-electron chi connectivity index (χ2n) is 4.88. The molecular formula is C14H17N3O. The molecule has 1 aliphatic rings. The zero-order chi connectivity index (χ0) is 13.0. The van der Waals surface area contributed by atoms with E-state index >= 15 is 0 Å². The SMILES string of the molecule is CC(=O)CC1CCCN(c2ccc(C#N)cn2)C1. The third kappa shape index (κ3) is 3.07. The van der Waals surface area contributed by atoms with Gasteiger partial charge in [-0.25, -0.2) is 4.98 Å². The van der Waals surface area contributed by atoms with Gasteiger partial charge in [-0.15, -0.1) is 0 Å². The van der Waals surface area contributed by atoms with Crippen molar-refractivity contribution in [1.29, 1.82) is 5.26 Å². The van der Waals surface area contributed by atoms with E-state index in [1.54, 1.807) is 19.2 Å². The predicted octanol–water partition coefficient (Wildman–Crippen LogP) is 2.15. The molecule has 0 bridgehead atoms. The van der Waals surface area contributed by atoms with Crippen LogP contribution in [0.4, 0.5) is 5.82 Å². The van der Waals surface area contributed by atoms with Gasteiger partial charge in [0.2, 0.25) is 0 Å². The van der Waals surface area contributed by atoms with Crippen LogP contribution < -0.4 is 4.90 Å². The van der Waals surface area contributed by atoms with E-state index in [2.05, 4.69) is 16.0 Å². The van der Waals surface area contributed by atoms with Crippen LogP contribution in [-0.2, 0) is 4.79 Å². The van der Waals surface area contributed by atoms with Gasteiger partial charge in [-0.05, 0) is 37.8 Å². The molecule has 1 saturated heterocycles. The number of piperidine rings is 1. The van der Waals surface area contributed by atoms with E-state index in [0.29, 0.717) is 17.9 Å². The summed E-state index contributed by atoms with van der Waals surface area (Å²) in [6.45, 7) is 3.52. The lowest BCUT2D eigenvalue weighted by Crippen LogP contribution is -2.36. The van der Waals surface area contributed by atoms with E-state index in [1.807, 2.05) is 6.07 Å². The molecule has 94 valence electrons. The van der Waals surface area contributed by atoms with E-state index in [0.717, 1.165) is 31.7 Å². The summed E-state index contributed by atoms with van der Waals surface area (Å²) in [5.41, 5.74) is 0.580. The van der Waals surface area contributed by atoms with Crippen molar-refractivity contribution in [3.05, 3.63) is 23.9 Å². The first-order valence-corrected chi connectivity index (χ1v) is 6.29. The molecule has 0 saturated carbocycles. The number of hydrogen-bond acceptors (Lipinski definition) is 4. The van der Waals surface area contributed by atoms with Crippen molar-refractivity contribution in [3.8, 4) is 6.07 Å². The molecule has 0 N–H and O–H groups in total. The molecule has 0 aliphatic carbocycles. The first kappa shape index (κ1) is 12.6. The average molecular weight is 243 g/mol. The highest BCUT2D eigenvalue weighted by molar-refractivity contribution is 5.75. The highest BCUT2D eigenvalue weighted by Gasteiger charge is 2.21. The van der Waals surface area contributed by atoms with Crippen LogP contribution in [0.25, 0.3) is 0 Å². The molecule has 4 heteroatoms. The lowest BCUT2D eigenvalue weighted by Gasteiger charge is -2.33. The second kappa shape index (κ2) is 5.63. The minimum absolute atomic E-state index is 0.259. The summed E-state index contributed by atoms with van der Waals surface area (Å²) in [4.78, 5) is 17.7. The van der Waals surface area contributed by atoms with Crippen molar-refractivity contribution in [2.75, 3.05) is 18.0 Å². The van der Waals surface area contributed by atoms with Gasteiger partial charge in [0.25, 0.3) is 0 Å². The van der Waals surface area contributed by atoms with E-state index in [4.69, 9.17) is 5.26 Å². The van der Waals surface area contributed by atoms with Crippen LogP contribution in [-0.4, -0.2) is 23.9 Å². The van der Waals surface area contributed by atoms with Crippen molar-refractivity contribution in [3.63, 3.8) is 0 Å². The van der Waals surface area contributed by atoms with Gasteiger partial charge in [-0.1, -0.05) is 0 Å². The maximum absolute atomic E-state index is 11.2. The fraction of sp³-hybridized carbons (Fsp3) is 0.500. The molecule has 0 aromatic carbocycles. The summed E-state index contributed by atoms with van der Waals surface area (Å²) in [7, 11) is 0. The van der Waals surface area contributed by atoms with Crippen LogP contribution in [0, 0.1) is 17.2 Å². The summed E-state index contributed by atoms with van der Waals surface area (Å²) in [5.74, 6) is 1.60. The highest BCUT2D eigenvalue weighted by atomic mass is 16.1. The third-order valence-corrected chi connectivity index (χ3v) is 3.30. The number of nitrogens with zero attached hydrogens (tertiary/aromatic N) is 3. The predicted molar refractivity (Wildman–Crippen MR) is 69.2 cm³/mol. The van der Waals surface area contributed by atoms with Gasteiger partial charge >= 0.3 is 0 Å². The quantitative estimate of drug-likeness (QED) is 0.816. The van der Waals surface area contributed by atoms with Gasteiger partial charge in [0, 0.05) is 25.7 Å². The molecule has 1 unspecified atom stereocenters. The number of aromatic nitrogens is 1. The minimum atomic E-state index is 0.259. The van der Waals surface area contributed by atoms with Crippen LogP contribution in [0.2, 0.25) is 0 Å². The van der Waals surface area contributed by atoms with Crippen LogP contribution in [0.5, 0.6) is 0 Å². The van der Waals surface area contributed by atoms with E-state index in [1.165, 1.54) is 0 Å². The van der Waals surface area contributed by atoms with Crippen LogP contribution in [0.3, 0.4) is 0 Å². The number of Topliss-reactive ketones (excluding diaryl/α,β-unsaturated/α-hetero) is 1. The van der Waals surface area contributed by atoms with Crippen LogP contribution >= 0.6 is 0 Å². The van der Waals surface area contributed by atoms with Crippen molar-refractivity contribution in [1.82, 2.24) is 4.98 Å². The first-order valence-electron chi connectivity index (χ1n) is 6.29. The summed E-state index contributed by atoms with van der Waals surface area (Å²) >= 11 is 0. The molecule has 4 nitrogen and oxygen atoms in total. The monoisotopic (exact) mass is 243 g/mol. The fourth-order valence-corrected chi connectivity index (χ4v) is 2.49. The van der Waals surface area contributed by atoms with E-state index in [-0.39, 0.29) is 5.78 Å². The number of anilines is 1. The number of rotatable bonds is 3. The van der Waals surface area contributed by atoms with Crippen molar-refractivity contribution >= 4 is 11.6 Å². The smallest absolute Gasteiger partial charge is 0.130 e. The van der Waals surface area contributed by atoms with Crippen LogP contribution in [0.1, 0.15) is 31.7 Å². The normalized spacial score (nSPS) is 19.3. The van der Waals surface area contributed by atoms with E-state index in [9.17, 15) is 4.79 Å². The Hall–Kier alpha value is -1.89. The molecule has 1 aromatic rings. The second-order valence-corrected chi connectivity index (χ2v) is 4.88. The summed E-state index contributed by atoms with van der Waals surface area (Å²) in [6.07, 6.45) is 4.47. The number of carbonyl (C=O) groups is 1. The fourth-order valence-electron chi connectivity index (χ4n) is 2.49. The van der Waals surface area contributed by atoms with Gasteiger partial charge in [0.05, 0.1) is 5.56 Å². The van der Waals surface area contributed by atoms with Crippen molar-refractivity contribution < 1.29 is 4.79 Å². The number of carbonyl (C=O) groups excluding carboxylic acids is 1. The minimum Gasteiger partial charge on any atom is -0.356 e. The zero-order valence-corrected chi connectivity index (χ0v) is 10.6. The van der Waals surface area contributed by atoms with Gasteiger partial charge in [-0.2, -0.15) is 5.26 Å². The lowest BCUT2D eigenvalue weighted by molar-refractivity contribution is -0.117. The van der Waals surface area contributed by atoms with Gasteiger partial charge in [0.15, 0.2) is 0 Å². The number of pyridine rings is 1. The largest absolute Gasteiger partial charge is 0.356 e. The molecule has 1 atom stereocenters. The maximum Gasteiger partial charge on any atom is 0.130 e. The van der Waals surface area contributed by atoms with Crippen molar-refractivity contribution in [2.45, 2.75) is 26.2 Å². The first-order chi connectivity index (χ1) is 8.69. The third-order valence-electron chi connectivity index (χ3n) is 3.30. The Balaban J connectivity index is 2.03. The standard InChI is InChI=1S/C14H17N3O/c1-11(18)7-12-3-2-6-17(10-12)14-5-4-13(8-15)9-16-14/h4-5,9,12H,2-3,6-7,10H2,1H3. The Labute approximate surface area is 107 Å². The number of ketones is 1. The van der Waals surface area contributed by atoms with Gasteiger partial charge in [0.1, 0.15) is 17.7 Å². The average Bonchev–Trinajstić information content (AvgIpc) is 2.38. The molecule has 0 radical (unpaired) electrons. The summed E-state index contributed by atoms with van der Waals surface area (Å²) < 4.78 is 0. The Morgan fingerprint density at radius 1 is 1.61 bits per heavy atom. The Bertz CT molecular complexity index is 461.